The third kappa shape index (κ3) is 6.53. The molecule has 4 heterocycles. The SMILES string of the molecule is CC.c1ccc(-c2ccc3c(c2)c2ccccc2n3-c2cccc3c2oc2ccc(-c4cccc(-c5ccc6oc7ccc(-c8ccc9c(c8)c8ccccc8n9-c8ccccc8)cc7c6c5)c4)cc23)cc1. The van der Waals surface area contributed by atoms with Gasteiger partial charge in [-0.3, -0.25) is 0 Å². The first-order valence-corrected chi connectivity index (χ1v) is 24.9. The van der Waals surface area contributed by atoms with Gasteiger partial charge < -0.3 is 18.0 Å². The number of aromatic nitrogens is 2. The molecule has 4 nitrogen and oxygen atoms in total. The molecular weight excluding hydrogens is 877 g/mol. The zero-order valence-corrected chi connectivity index (χ0v) is 39.8. The maximum absolute atomic E-state index is 6.81. The highest BCUT2D eigenvalue weighted by Crippen LogP contribution is 2.42. The highest BCUT2D eigenvalue weighted by molar-refractivity contribution is 6.15. The summed E-state index contributed by atoms with van der Waals surface area (Å²) >= 11 is 0. The first kappa shape index (κ1) is 41.6. The Balaban J connectivity index is 0.00000238. The van der Waals surface area contributed by atoms with Crippen molar-refractivity contribution >= 4 is 87.5 Å². The van der Waals surface area contributed by atoms with Crippen LogP contribution in [0.25, 0.3) is 143 Å². The fraction of sp³-hybridized carbons (Fsp3) is 0.0294. The molecule has 0 saturated carbocycles. The Hall–Kier alpha value is -9.38. The molecule has 0 saturated heterocycles. The van der Waals surface area contributed by atoms with Gasteiger partial charge in [-0.25, -0.2) is 0 Å². The van der Waals surface area contributed by atoms with Crippen LogP contribution in [0, 0.1) is 0 Å². The van der Waals surface area contributed by atoms with Crippen LogP contribution in [0.2, 0.25) is 0 Å². The van der Waals surface area contributed by atoms with Crippen LogP contribution < -0.4 is 0 Å². The summed E-state index contributed by atoms with van der Waals surface area (Å²) in [5, 5.41) is 9.30. The summed E-state index contributed by atoms with van der Waals surface area (Å²) in [5.74, 6) is 0. The molecule has 0 spiro atoms. The van der Waals surface area contributed by atoms with Crippen LogP contribution in [0.5, 0.6) is 0 Å². The maximum Gasteiger partial charge on any atom is 0.159 e. The van der Waals surface area contributed by atoms with Gasteiger partial charge in [-0.1, -0.05) is 159 Å². The number of benzene rings is 11. The smallest absolute Gasteiger partial charge is 0.159 e. The van der Waals surface area contributed by atoms with Crippen LogP contribution in [-0.4, -0.2) is 9.13 Å². The van der Waals surface area contributed by atoms with Crippen molar-refractivity contribution in [2.24, 2.45) is 0 Å². The van der Waals surface area contributed by atoms with E-state index in [1.165, 1.54) is 49.3 Å². The van der Waals surface area contributed by atoms with E-state index >= 15 is 0 Å². The Morgan fingerprint density at radius 2 is 0.639 bits per heavy atom. The molecule has 0 aliphatic heterocycles. The van der Waals surface area contributed by atoms with Gasteiger partial charge in [0.25, 0.3) is 0 Å². The van der Waals surface area contributed by atoms with Gasteiger partial charge in [-0.2, -0.15) is 0 Å². The minimum absolute atomic E-state index is 0.866. The van der Waals surface area contributed by atoms with Crippen LogP contribution in [0.15, 0.2) is 251 Å². The van der Waals surface area contributed by atoms with Gasteiger partial charge in [-0.15, -0.1) is 0 Å². The van der Waals surface area contributed by atoms with Gasteiger partial charge in [0.05, 0.1) is 27.8 Å². The van der Waals surface area contributed by atoms with Crippen molar-refractivity contribution in [3.63, 3.8) is 0 Å². The molecule has 0 atom stereocenters. The van der Waals surface area contributed by atoms with E-state index in [9.17, 15) is 0 Å². The van der Waals surface area contributed by atoms with E-state index in [4.69, 9.17) is 8.83 Å². The molecular formula is C68H46N2O2. The predicted octanol–water partition coefficient (Wildman–Crippen LogP) is 19.4. The van der Waals surface area contributed by atoms with Crippen LogP contribution in [0.1, 0.15) is 13.8 Å². The van der Waals surface area contributed by atoms with E-state index in [-0.39, 0.29) is 0 Å². The fourth-order valence-corrected chi connectivity index (χ4v) is 11.2. The highest BCUT2D eigenvalue weighted by atomic mass is 16.3. The largest absolute Gasteiger partial charge is 0.456 e. The van der Waals surface area contributed by atoms with Gasteiger partial charge in [-0.05, 0) is 142 Å². The molecule has 4 heteroatoms. The molecule has 0 aliphatic carbocycles. The van der Waals surface area contributed by atoms with E-state index in [2.05, 4.69) is 252 Å². The van der Waals surface area contributed by atoms with Crippen molar-refractivity contribution in [3.8, 4) is 55.9 Å². The molecule has 0 fully saturated rings. The lowest BCUT2D eigenvalue weighted by Gasteiger charge is -2.09. The Kier molecular flexibility index (Phi) is 9.62. The minimum Gasteiger partial charge on any atom is -0.456 e. The summed E-state index contributed by atoms with van der Waals surface area (Å²) in [4.78, 5) is 0. The van der Waals surface area contributed by atoms with Crippen molar-refractivity contribution in [2.45, 2.75) is 13.8 Å². The topological polar surface area (TPSA) is 36.1 Å². The molecule has 11 aromatic carbocycles. The second kappa shape index (κ2) is 16.6. The third-order valence-electron chi connectivity index (χ3n) is 14.5. The minimum atomic E-state index is 0.866. The Morgan fingerprint density at radius 3 is 1.24 bits per heavy atom. The Morgan fingerprint density at radius 1 is 0.250 bits per heavy atom. The summed E-state index contributed by atoms with van der Waals surface area (Å²) < 4.78 is 18.0. The molecule has 15 aromatic rings. The maximum atomic E-state index is 6.81. The molecule has 0 bridgehead atoms. The second-order valence-electron chi connectivity index (χ2n) is 18.4. The average molecular weight is 923 g/mol. The standard InChI is InChI=1S/C66H40N2O2.C2H6/c1-3-13-41(14-4-1)44-25-31-61-54(36-44)51-20-8-10-23-59(51)68(61)62-24-12-21-52-55-38-46(29-34-65(55)70-66(52)62)42-15-11-16-43(35-42)47-27-32-63-56(39-47)57-40-48(28-33-64(57)69-63)45-26-30-60-53(37-45)50-19-7-9-22-58(50)67(60)49-17-5-2-6-18-49;1-2/h1-40H;1-2H3. The number of hydrogen-bond acceptors (Lipinski definition) is 2. The Bertz CT molecular complexity index is 4590. The van der Waals surface area contributed by atoms with Crippen LogP contribution in [0.4, 0.5) is 0 Å². The first-order chi connectivity index (χ1) is 35.7. The summed E-state index contributed by atoms with van der Waals surface area (Å²) in [6.45, 7) is 4.00. The van der Waals surface area contributed by atoms with Crippen molar-refractivity contribution in [1.82, 2.24) is 9.13 Å². The zero-order valence-electron chi connectivity index (χ0n) is 39.8. The normalized spacial score (nSPS) is 11.8. The predicted molar refractivity (Wildman–Crippen MR) is 303 cm³/mol. The number of nitrogens with zero attached hydrogens (tertiary/aromatic N) is 2. The van der Waals surface area contributed by atoms with Crippen molar-refractivity contribution < 1.29 is 8.83 Å². The summed E-state index contributed by atoms with van der Waals surface area (Å²) in [6, 6.07) is 87.4. The molecule has 0 radical (unpaired) electrons. The highest BCUT2D eigenvalue weighted by Gasteiger charge is 2.20. The van der Waals surface area contributed by atoms with Crippen molar-refractivity contribution in [3.05, 3.63) is 243 Å². The number of furan rings is 2. The number of rotatable bonds is 6. The van der Waals surface area contributed by atoms with Crippen molar-refractivity contribution in [2.75, 3.05) is 0 Å². The molecule has 340 valence electrons. The van der Waals surface area contributed by atoms with E-state index in [1.807, 2.05) is 13.8 Å². The van der Waals surface area contributed by atoms with E-state index in [0.29, 0.717) is 0 Å². The quantitative estimate of drug-likeness (QED) is 0.167. The van der Waals surface area contributed by atoms with Crippen LogP contribution >= 0.6 is 0 Å². The monoisotopic (exact) mass is 922 g/mol. The summed E-state index contributed by atoms with van der Waals surface area (Å²) in [6.07, 6.45) is 0. The van der Waals surface area contributed by atoms with Gasteiger partial charge in [0.1, 0.15) is 16.7 Å². The van der Waals surface area contributed by atoms with E-state index < -0.39 is 0 Å². The summed E-state index contributed by atoms with van der Waals surface area (Å²) in [7, 11) is 0. The molecule has 4 aromatic heterocycles. The molecule has 15 rings (SSSR count). The Labute approximate surface area is 415 Å². The average Bonchev–Trinajstić information content (AvgIpc) is 4.21. The van der Waals surface area contributed by atoms with E-state index in [1.54, 1.807) is 0 Å². The van der Waals surface area contributed by atoms with Crippen LogP contribution in [0.3, 0.4) is 0 Å². The number of hydrogen-bond donors (Lipinski definition) is 0. The number of para-hydroxylation sites is 4. The molecule has 72 heavy (non-hydrogen) atoms. The van der Waals surface area contributed by atoms with Gasteiger partial charge >= 0.3 is 0 Å². The second-order valence-corrected chi connectivity index (χ2v) is 18.4. The molecule has 0 N–H and O–H groups in total. The molecule has 0 aliphatic rings. The van der Waals surface area contributed by atoms with Gasteiger partial charge in [0.15, 0.2) is 5.58 Å². The lowest BCUT2D eigenvalue weighted by molar-refractivity contribution is 0.666. The van der Waals surface area contributed by atoms with Gasteiger partial charge in [0, 0.05) is 48.8 Å². The summed E-state index contributed by atoms with van der Waals surface area (Å²) in [5.41, 5.74) is 19.7. The van der Waals surface area contributed by atoms with Crippen molar-refractivity contribution in [1.29, 1.82) is 0 Å². The van der Waals surface area contributed by atoms with Gasteiger partial charge in [0.2, 0.25) is 0 Å². The first-order valence-electron chi connectivity index (χ1n) is 24.9. The third-order valence-corrected chi connectivity index (χ3v) is 14.5. The lowest BCUT2D eigenvalue weighted by atomic mass is 9.96. The lowest BCUT2D eigenvalue weighted by Crippen LogP contribution is -1.94. The zero-order chi connectivity index (χ0) is 47.9. The van der Waals surface area contributed by atoms with Crippen LogP contribution in [-0.2, 0) is 0 Å². The molecule has 0 unspecified atom stereocenters. The number of fused-ring (bicyclic) bond motifs is 12. The van der Waals surface area contributed by atoms with E-state index in [0.717, 1.165) is 94.1 Å². The molecule has 0 amide bonds. The fourth-order valence-electron chi connectivity index (χ4n) is 11.2.